The van der Waals surface area contributed by atoms with E-state index in [9.17, 15) is 4.79 Å². The molecule has 1 rings (SSSR count). The van der Waals surface area contributed by atoms with Gasteiger partial charge in [0.05, 0.1) is 11.6 Å². The van der Waals surface area contributed by atoms with Crippen molar-refractivity contribution in [3.05, 3.63) is 11.8 Å². The molecule has 1 heterocycles. The fourth-order valence-corrected chi connectivity index (χ4v) is 1.01. The maximum atomic E-state index is 10.4. The molecular formula is C5H4N2OS. The molecule has 9 heavy (non-hydrogen) atoms. The minimum Gasteiger partial charge on any atom is -0.322 e. The molecule has 0 saturated heterocycles. The van der Waals surface area contributed by atoms with E-state index in [0.29, 0.717) is 11.3 Å². The summed E-state index contributed by atoms with van der Waals surface area (Å²) >= 11 is 1.11. The summed E-state index contributed by atoms with van der Waals surface area (Å²) in [5.74, 6) is 0.502. The first-order chi connectivity index (χ1) is 4.33. The Hall–Kier alpha value is -0.950. The zero-order valence-electron chi connectivity index (χ0n) is 4.55. The Kier molecular flexibility index (Phi) is 1.75. The summed E-state index contributed by atoms with van der Waals surface area (Å²) in [5, 5.41) is 10.6. The third-order valence-corrected chi connectivity index (χ3v) is 1.70. The zero-order chi connectivity index (χ0) is 6.69. The number of carbonyl (C=O) groups excluding carboxylic acids is 1. The molecule has 4 heteroatoms. The van der Waals surface area contributed by atoms with E-state index in [-0.39, 0.29) is 5.24 Å². The van der Waals surface area contributed by atoms with Crippen LogP contribution < -0.4 is 5.32 Å². The topological polar surface area (TPSA) is 52.9 Å². The number of nitrogens with one attached hydrogen (secondary N) is 1. The van der Waals surface area contributed by atoms with E-state index in [1.165, 1.54) is 6.20 Å². The average Bonchev–Trinajstić information content (AvgIpc) is 1.90. The molecule has 0 aromatic carbocycles. The van der Waals surface area contributed by atoms with Crippen LogP contribution >= 0.6 is 11.8 Å². The van der Waals surface area contributed by atoms with Gasteiger partial charge >= 0.3 is 0 Å². The Labute approximate surface area is 56.7 Å². The lowest BCUT2D eigenvalue weighted by atomic mass is 10.4. The van der Waals surface area contributed by atoms with E-state index in [1.807, 2.05) is 6.07 Å². The van der Waals surface area contributed by atoms with Gasteiger partial charge in [0.25, 0.3) is 5.24 Å². The van der Waals surface area contributed by atoms with Crippen molar-refractivity contribution in [2.24, 2.45) is 0 Å². The van der Waals surface area contributed by atoms with Crippen molar-refractivity contribution >= 4 is 17.0 Å². The largest absolute Gasteiger partial charge is 0.322 e. The third-order valence-electron chi connectivity index (χ3n) is 0.867. The van der Waals surface area contributed by atoms with E-state index in [4.69, 9.17) is 5.26 Å². The first kappa shape index (κ1) is 6.17. The minimum atomic E-state index is -0.0889. The van der Waals surface area contributed by atoms with Crippen LogP contribution in [0.1, 0.15) is 0 Å². The van der Waals surface area contributed by atoms with Gasteiger partial charge in [0.15, 0.2) is 0 Å². The Bertz CT molecular complexity index is 203. The van der Waals surface area contributed by atoms with Crippen LogP contribution in [0.2, 0.25) is 0 Å². The van der Waals surface area contributed by atoms with Crippen molar-refractivity contribution in [1.29, 1.82) is 5.26 Å². The highest BCUT2D eigenvalue weighted by atomic mass is 32.2. The molecular weight excluding hydrogens is 136 g/mol. The number of hydrogen-bond donors (Lipinski definition) is 1. The van der Waals surface area contributed by atoms with Gasteiger partial charge in [-0.2, -0.15) is 5.26 Å². The molecule has 1 aliphatic heterocycles. The molecule has 0 aromatic rings. The number of carbonyl (C=O) groups is 1. The Balaban J connectivity index is 2.63. The highest BCUT2D eigenvalue weighted by molar-refractivity contribution is 8.13. The lowest BCUT2D eigenvalue weighted by molar-refractivity contribution is 0.263. The van der Waals surface area contributed by atoms with Gasteiger partial charge in [0.1, 0.15) is 0 Å². The fourth-order valence-electron chi connectivity index (χ4n) is 0.437. The highest BCUT2D eigenvalue weighted by Crippen LogP contribution is 2.11. The standard InChI is InChI=1S/C5H4N2OS/c6-1-4-2-7-5(8)9-3-4/h2H,3H2,(H,7,8). The second kappa shape index (κ2) is 2.55. The normalized spacial score (nSPS) is 17.7. The van der Waals surface area contributed by atoms with E-state index < -0.39 is 0 Å². The van der Waals surface area contributed by atoms with Crippen LogP contribution in [0.4, 0.5) is 4.79 Å². The number of rotatable bonds is 0. The molecule has 0 unspecified atom stereocenters. The number of thioether (sulfide) groups is 1. The van der Waals surface area contributed by atoms with Crippen molar-refractivity contribution in [1.82, 2.24) is 5.32 Å². The Morgan fingerprint density at radius 2 is 2.67 bits per heavy atom. The van der Waals surface area contributed by atoms with Crippen LogP contribution in [-0.2, 0) is 0 Å². The molecule has 0 aromatic heterocycles. The van der Waals surface area contributed by atoms with Crippen molar-refractivity contribution in [2.75, 3.05) is 5.75 Å². The number of nitrogens with zero attached hydrogens (tertiary/aromatic N) is 1. The molecule has 0 radical (unpaired) electrons. The fraction of sp³-hybridized carbons (Fsp3) is 0.200. The van der Waals surface area contributed by atoms with Crippen molar-refractivity contribution < 1.29 is 4.79 Å². The predicted molar refractivity (Wildman–Crippen MR) is 34.7 cm³/mol. The SMILES string of the molecule is N#CC1=CNC(=O)SC1. The van der Waals surface area contributed by atoms with E-state index in [1.54, 1.807) is 0 Å². The maximum Gasteiger partial charge on any atom is 0.283 e. The molecule has 1 aliphatic rings. The van der Waals surface area contributed by atoms with Gasteiger partial charge in [0.2, 0.25) is 0 Å². The lowest BCUT2D eigenvalue weighted by Crippen LogP contribution is -2.17. The molecule has 0 bridgehead atoms. The van der Waals surface area contributed by atoms with Gasteiger partial charge < -0.3 is 5.32 Å². The number of nitriles is 1. The minimum absolute atomic E-state index is 0.0889. The van der Waals surface area contributed by atoms with Crippen LogP contribution in [0.25, 0.3) is 0 Å². The van der Waals surface area contributed by atoms with Crippen molar-refractivity contribution in [3.63, 3.8) is 0 Å². The first-order valence-electron chi connectivity index (χ1n) is 2.35. The van der Waals surface area contributed by atoms with Crippen LogP contribution in [-0.4, -0.2) is 11.0 Å². The molecule has 0 aliphatic carbocycles. The van der Waals surface area contributed by atoms with Crippen LogP contribution in [0.15, 0.2) is 11.8 Å². The highest BCUT2D eigenvalue weighted by Gasteiger charge is 2.08. The van der Waals surface area contributed by atoms with Gasteiger partial charge in [-0.25, -0.2) is 0 Å². The van der Waals surface area contributed by atoms with Gasteiger partial charge in [-0.3, -0.25) is 4.79 Å². The molecule has 1 amide bonds. The van der Waals surface area contributed by atoms with E-state index >= 15 is 0 Å². The summed E-state index contributed by atoms with van der Waals surface area (Å²) in [4.78, 5) is 10.4. The van der Waals surface area contributed by atoms with Crippen LogP contribution in [0.3, 0.4) is 0 Å². The number of amides is 1. The molecule has 46 valence electrons. The summed E-state index contributed by atoms with van der Waals surface area (Å²) < 4.78 is 0. The van der Waals surface area contributed by atoms with Crippen molar-refractivity contribution in [2.45, 2.75) is 0 Å². The lowest BCUT2D eigenvalue weighted by Gasteiger charge is -2.04. The third kappa shape index (κ3) is 1.47. The first-order valence-corrected chi connectivity index (χ1v) is 3.34. The van der Waals surface area contributed by atoms with Gasteiger partial charge in [0, 0.05) is 12.0 Å². The molecule has 3 nitrogen and oxygen atoms in total. The van der Waals surface area contributed by atoms with E-state index in [2.05, 4.69) is 5.32 Å². The summed E-state index contributed by atoms with van der Waals surface area (Å²) in [7, 11) is 0. The second-order valence-electron chi connectivity index (χ2n) is 1.50. The van der Waals surface area contributed by atoms with Crippen molar-refractivity contribution in [3.8, 4) is 6.07 Å². The summed E-state index contributed by atoms with van der Waals surface area (Å²) in [6.07, 6.45) is 1.44. The van der Waals surface area contributed by atoms with Crippen LogP contribution in [0, 0.1) is 11.3 Å². The molecule has 1 N–H and O–H groups in total. The van der Waals surface area contributed by atoms with Gasteiger partial charge in [-0.15, -0.1) is 0 Å². The van der Waals surface area contributed by atoms with Crippen LogP contribution in [0.5, 0.6) is 0 Å². The smallest absolute Gasteiger partial charge is 0.283 e. The van der Waals surface area contributed by atoms with Gasteiger partial charge in [-0.05, 0) is 0 Å². The molecule has 0 saturated carbocycles. The van der Waals surface area contributed by atoms with Gasteiger partial charge in [-0.1, -0.05) is 11.8 Å². The Morgan fingerprint density at radius 3 is 3.11 bits per heavy atom. The Morgan fingerprint density at radius 1 is 1.89 bits per heavy atom. The number of hydrogen-bond acceptors (Lipinski definition) is 3. The molecule has 0 atom stereocenters. The second-order valence-corrected chi connectivity index (χ2v) is 2.45. The molecule has 0 spiro atoms. The predicted octanol–water partition coefficient (Wildman–Crippen LogP) is 0.850. The quantitative estimate of drug-likeness (QED) is 0.542. The monoisotopic (exact) mass is 140 g/mol. The maximum absolute atomic E-state index is 10.4. The van der Waals surface area contributed by atoms with E-state index in [0.717, 1.165) is 11.8 Å². The zero-order valence-corrected chi connectivity index (χ0v) is 5.36. The summed E-state index contributed by atoms with van der Waals surface area (Å²) in [6, 6.07) is 1.95. The summed E-state index contributed by atoms with van der Waals surface area (Å²) in [5.41, 5.74) is 0.611. The molecule has 0 fully saturated rings. The average molecular weight is 140 g/mol. The summed E-state index contributed by atoms with van der Waals surface area (Å²) in [6.45, 7) is 0.